The largest absolute Gasteiger partial charge is 0.341 e. The summed E-state index contributed by atoms with van der Waals surface area (Å²) in [5.74, 6) is 0.0962. The van der Waals surface area contributed by atoms with E-state index in [1.165, 1.54) is 17.8 Å². The molecule has 90 valence electrons. The highest BCUT2D eigenvalue weighted by Crippen LogP contribution is 2.14. The van der Waals surface area contributed by atoms with Crippen molar-refractivity contribution < 1.29 is 4.79 Å². The van der Waals surface area contributed by atoms with Gasteiger partial charge in [0.1, 0.15) is 4.88 Å². The normalized spacial score (nSPS) is 10.4. The van der Waals surface area contributed by atoms with E-state index < -0.39 is 0 Å². The van der Waals surface area contributed by atoms with Crippen LogP contribution < -0.4 is 0 Å². The maximum Gasteiger partial charge on any atom is 0.265 e. The molecular weight excluding hydrogens is 288 g/mol. The van der Waals surface area contributed by atoms with Gasteiger partial charge < -0.3 is 4.90 Å². The Morgan fingerprint density at radius 1 is 1.50 bits per heavy atom. The molecule has 0 aliphatic heterocycles. The van der Waals surface area contributed by atoms with Crippen molar-refractivity contribution in [2.45, 2.75) is 26.2 Å². The number of thiazole rings is 1. The summed E-state index contributed by atoms with van der Waals surface area (Å²) in [7, 11) is 1.86. The molecule has 0 N–H and O–H groups in total. The maximum absolute atomic E-state index is 12.0. The van der Waals surface area contributed by atoms with Gasteiger partial charge in [-0.25, -0.2) is 4.98 Å². The van der Waals surface area contributed by atoms with Gasteiger partial charge in [-0.1, -0.05) is 22.4 Å². The average molecular weight is 305 g/mol. The number of halogens is 1. The van der Waals surface area contributed by atoms with E-state index in [0.717, 1.165) is 35.3 Å². The van der Waals surface area contributed by atoms with E-state index in [1.807, 2.05) is 14.0 Å². The third-order valence-corrected chi connectivity index (χ3v) is 3.89. The van der Waals surface area contributed by atoms with Gasteiger partial charge in [0.05, 0.1) is 11.2 Å². The van der Waals surface area contributed by atoms with E-state index in [0.29, 0.717) is 0 Å². The molecule has 0 saturated heterocycles. The first-order valence-corrected chi connectivity index (χ1v) is 7.38. The van der Waals surface area contributed by atoms with Crippen molar-refractivity contribution >= 4 is 33.2 Å². The highest BCUT2D eigenvalue weighted by atomic mass is 79.9. The van der Waals surface area contributed by atoms with E-state index in [2.05, 4.69) is 20.9 Å². The number of alkyl halides is 1. The molecule has 0 aliphatic carbocycles. The fourth-order valence-electron chi connectivity index (χ4n) is 1.40. The molecule has 0 aliphatic rings. The van der Waals surface area contributed by atoms with E-state index in [-0.39, 0.29) is 5.91 Å². The molecule has 0 atom stereocenters. The molecule has 0 bridgehead atoms. The molecule has 0 saturated carbocycles. The number of hydrogen-bond acceptors (Lipinski definition) is 3. The summed E-state index contributed by atoms with van der Waals surface area (Å²) in [5, 5.41) is 1.04. The van der Waals surface area contributed by atoms with Crippen LogP contribution in [0, 0.1) is 6.92 Å². The Labute approximate surface area is 109 Å². The third-order valence-electron chi connectivity index (χ3n) is 2.41. The minimum absolute atomic E-state index is 0.0962. The van der Waals surface area contributed by atoms with Crippen molar-refractivity contribution in [3.05, 3.63) is 16.1 Å². The molecule has 0 aromatic carbocycles. The topological polar surface area (TPSA) is 33.2 Å². The van der Waals surface area contributed by atoms with Gasteiger partial charge in [0.15, 0.2) is 0 Å². The predicted molar refractivity (Wildman–Crippen MR) is 71.5 cm³/mol. The van der Waals surface area contributed by atoms with E-state index >= 15 is 0 Å². The van der Waals surface area contributed by atoms with Crippen LogP contribution in [0.3, 0.4) is 0 Å². The van der Waals surface area contributed by atoms with Gasteiger partial charge in [-0.2, -0.15) is 0 Å². The zero-order valence-electron chi connectivity index (χ0n) is 9.70. The molecule has 16 heavy (non-hydrogen) atoms. The summed E-state index contributed by atoms with van der Waals surface area (Å²) >= 11 is 4.82. The number of nitrogens with zero attached hydrogens (tertiary/aromatic N) is 2. The highest BCUT2D eigenvalue weighted by Gasteiger charge is 2.15. The van der Waals surface area contributed by atoms with Crippen molar-refractivity contribution in [2.75, 3.05) is 18.9 Å². The van der Waals surface area contributed by atoms with Crippen LogP contribution in [0.25, 0.3) is 0 Å². The van der Waals surface area contributed by atoms with Crippen molar-refractivity contribution in [2.24, 2.45) is 0 Å². The van der Waals surface area contributed by atoms with Gasteiger partial charge in [-0.15, -0.1) is 11.3 Å². The number of hydrogen-bond donors (Lipinski definition) is 0. The zero-order chi connectivity index (χ0) is 12.0. The molecule has 0 fully saturated rings. The Kier molecular flexibility index (Phi) is 5.98. The fraction of sp³-hybridized carbons (Fsp3) is 0.636. The molecule has 3 nitrogen and oxygen atoms in total. The quantitative estimate of drug-likeness (QED) is 0.598. The fourth-order valence-corrected chi connectivity index (χ4v) is 2.59. The standard InChI is InChI=1S/C11H17BrN2OS/c1-9-10(16-8-13-9)11(15)14(2)7-5-3-4-6-12/h8H,3-7H2,1-2H3. The molecule has 0 radical (unpaired) electrons. The summed E-state index contributed by atoms with van der Waals surface area (Å²) in [5.41, 5.74) is 2.56. The molecular formula is C11H17BrN2OS. The first-order chi connectivity index (χ1) is 7.66. The lowest BCUT2D eigenvalue weighted by Gasteiger charge is -2.16. The molecule has 0 unspecified atom stereocenters. The number of aromatic nitrogens is 1. The number of carbonyl (C=O) groups is 1. The number of carbonyl (C=O) groups excluding carboxylic acids is 1. The van der Waals surface area contributed by atoms with Gasteiger partial charge in [0.2, 0.25) is 0 Å². The van der Waals surface area contributed by atoms with Crippen LogP contribution in [-0.2, 0) is 0 Å². The maximum atomic E-state index is 12.0. The lowest BCUT2D eigenvalue weighted by Crippen LogP contribution is -2.27. The van der Waals surface area contributed by atoms with Crippen LogP contribution in [0.15, 0.2) is 5.51 Å². The average Bonchev–Trinajstić information content (AvgIpc) is 2.69. The van der Waals surface area contributed by atoms with Crippen LogP contribution in [-0.4, -0.2) is 34.7 Å². The SMILES string of the molecule is Cc1ncsc1C(=O)N(C)CCCCCBr. The van der Waals surface area contributed by atoms with Crippen LogP contribution >= 0.6 is 27.3 Å². The lowest BCUT2D eigenvalue weighted by atomic mass is 10.2. The third kappa shape index (κ3) is 3.87. The first-order valence-electron chi connectivity index (χ1n) is 5.38. The second-order valence-electron chi connectivity index (χ2n) is 3.74. The molecule has 1 amide bonds. The second-order valence-corrected chi connectivity index (χ2v) is 5.39. The van der Waals surface area contributed by atoms with Gasteiger partial charge in [0, 0.05) is 18.9 Å². The first kappa shape index (κ1) is 13.6. The van der Waals surface area contributed by atoms with Crippen molar-refractivity contribution in [3.63, 3.8) is 0 Å². The lowest BCUT2D eigenvalue weighted by molar-refractivity contribution is 0.0796. The summed E-state index contributed by atoms with van der Waals surface area (Å²) in [6.07, 6.45) is 3.39. The van der Waals surface area contributed by atoms with Gasteiger partial charge in [-0.05, 0) is 19.8 Å². The number of unbranched alkanes of at least 4 members (excludes halogenated alkanes) is 2. The Balaban J connectivity index is 2.40. The van der Waals surface area contributed by atoms with Crippen LogP contribution in [0.4, 0.5) is 0 Å². The Bertz CT molecular complexity index is 340. The minimum atomic E-state index is 0.0962. The van der Waals surface area contributed by atoms with E-state index in [1.54, 1.807) is 10.4 Å². The van der Waals surface area contributed by atoms with Gasteiger partial charge in [-0.3, -0.25) is 4.79 Å². The second kappa shape index (κ2) is 7.01. The Hall–Kier alpha value is -0.420. The summed E-state index contributed by atoms with van der Waals surface area (Å²) < 4.78 is 0. The summed E-state index contributed by atoms with van der Waals surface area (Å²) in [6, 6.07) is 0. The number of amides is 1. The molecule has 5 heteroatoms. The van der Waals surface area contributed by atoms with Crippen LogP contribution in [0.1, 0.15) is 34.6 Å². The monoisotopic (exact) mass is 304 g/mol. The molecule has 1 rings (SSSR count). The van der Waals surface area contributed by atoms with Crippen molar-refractivity contribution in [1.82, 2.24) is 9.88 Å². The molecule has 0 spiro atoms. The Morgan fingerprint density at radius 2 is 2.25 bits per heavy atom. The minimum Gasteiger partial charge on any atom is -0.341 e. The molecule has 1 heterocycles. The smallest absolute Gasteiger partial charge is 0.265 e. The zero-order valence-corrected chi connectivity index (χ0v) is 12.1. The van der Waals surface area contributed by atoms with E-state index in [9.17, 15) is 4.79 Å². The van der Waals surface area contributed by atoms with Crippen LogP contribution in [0.2, 0.25) is 0 Å². The Morgan fingerprint density at radius 3 is 2.81 bits per heavy atom. The summed E-state index contributed by atoms with van der Waals surface area (Å²) in [4.78, 5) is 18.6. The molecule has 1 aromatic rings. The number of rotatable bonds is 6. The number of aryl methyl sites for hydroxylation is 1. The summed E-state index contributed by atoms with van der Waals surface area (Å²) in [6.45, 7) is 2.70. The molecule has 1 aromatic heterocycles. The highest BCUT2D eigenvalue weighted by molar-refractivity contribution is 9.09. The van der Waals surface area contributed by atoms with Crippen molar-refractivity contribution in [3.8, 4) is 0 Å². The van der Waals surface area contributed by atoms with Crippen molar-refractivity contribution in [1.29, 1.82) is 0 Å². The van der Waals surface area contributed by atoms with Gasteiger partial charge in [0.25, 0.3) is 5.91 Å². The van der Waals surface area contributed by atoms with Gasteiger partial charge >= 0.3 is 0 Å². The van der Waals surface area contributed by atoms with Crippen LogP contribution in [0.5, 0.6) is 0 Å². The van der Waals surface area contributed by atoms with E-state index in [4.69, 9.17) is 0 Å². The predicted octanol–water partition coefficient (Wildman–Crippen LogP) is 3.09.